The van der Waals surface area contributed by atoms with E-state index in [-0.39, 0.29) is 5.41 Å². The van der Waals surface area contributed by atoms with Crippen LogP contribution < -0.4 is 0 Å². The van der Waals surface area contributed by atoms with Crippen molar-refractivity contribution in [2.24, 2.45) is 5.41 Å². The van der Waals surface area contributed by atoms with Crippen LogP contribution in [0.25, 0.3) is 0 Å². The van der Waals surface area contributed by atoms with Crippen molar-refractivity contribution in [3.8, 4) is 12.1 Å². The van der Waals surface area contributed by atoms with Crippen LogP contribution >= 0.6 is 0 Å². The molecule has 0 aromatic heterocycles. The lowest BCUT2D eigenvalue weighted by molar-refractivity contribution is 0.237. The van der Waals surface area contributed by atoms with Crippen LogP contribution in [0.2, 0.25) is 0 Å². The van der Waals surface area contributed by atoms with Crippen LogP contribution in [0.4, 0.5) is 0 Å². The second kappa shape index (κ2) is 5.14. The zero-order valence-electron chi connectivity index (χ0n) is 9.66. The third-order valence-corrected chi connectivity index (χ3v) is 2.90. The standard InChI is InChI=1S/C12H19N3/c1-12(2,10-14)6-9-15(8-3-7-13)11-4-5-11/h11H,3-6,8-9H2,1-2H3. The van der Waals surface area contributed by atoms with Crippen molar-refractivity contribution in [1.82, 2.24) is 4.90 Å². The van der Waals surface area contributed by atoms with Crippen molar-refractivity contribution in [2.75, 3.05) is 13.1 Å². The minimum absolute atomic E-state index is 0.236. The quantitative estimate of drug-likeness (QED) is 0.668. The van der Waals surface area contributed by atoms with Gasteiger partial charge in [0.1, 0.15) is 0 Å². The average molecular weight is 205 g/mol. The molecule has 0 aromatic carbocycles. The molecule has 0 N–H and O–H groups in total. The van der Waals surface area contributed by atoms with Gasteiger partial charge in [-0.2, -0.15) is 10.5 Å². The second-order valence-electron chi connectivity index (χ2n) is 4.92. The largest absolute Gasteiger partial charge is 0.299 e. The summed E-state index contributed by atoms with van der Waals surface area (Å²) in [5.41, 5.74) is -0.236. The minimum Gasteiger partial charge on any atom is -0.299 e. The molecule has 1 aliphatic carbocycles. The lowest BCUT2D eigenvalue weighted by Crippen LogP contribution is -2.30. The molecule has 0 aliphatic heterocycles. The summed E-state index contributed by atoms with van der Waals surface area (Å²) in [6.07, 6.45) is 4.02. The van der Waals surface area contributed by atoms with E-state index in [1.165, 1.54) is 12.8 Å². The van der Waals surface area contributed by atoms with Crippen LogP contribution in [0.1, 0.15) is 39.5 Å². The monoisotopic (exact) mass is 205 g/mol. The number of nitrogens with zero attached hydrogens (tertiary/aromatic N) is 3. The van der Waals surface area contributed by atoms with Crippen molar-refractivity contribution in [3.05, 3.63) is 0 Å². The first-order valence-corrected chi connectivity index (χ1v) is 5.61. The number of rotatable bonds is 6. The number of hydrogen-bond acceptors (Lipinski definition) is 3. The van der Waals surface area contributed by atoms with Crippen LogP contribution in [0.5, 0.6) is 0 Å². The van der Waals surface area contributed by atoms with Crippen molar-refractivity contribution in [3.63, 3.8) is 0 Å². The van der Waals surface area contributed by atoms with Crippen LogP contribution in [0, 0.1) is 28.1 Å². The predicted molar refractivity (Wildman–Crippen MR) is 58.8 cm³/mol. The van der Waals surface area contributed by atoms with E-state index in [4.69, 9.17) is 10.5 Å². The SMILES string of the molecule is CC(C)(C#N)CCN(CCC#N)C1CC1. The number of nitriles is 2. The molecule has 1 saturated carbocycles. The van der Waals surface area contributed by atoms with Crippen LogP contribution in [0.3, 0.4) is 0 Å². The van der Waals surface area contributed by atoms with Crippen LogP contribution in [-0.2, 0) is 0 Å². The molecule has 15 heavy (non-hydrogen) atoms. The fourth-order valence-corrected chi connectivity index (χ4v) is 1.59. The van der Waals surface area contributed by atoms with E-state index in [0.717, 1.165) is 19.5 Å². The molecule has 0 unspecified atom stereocenters. The Labute approximate surface area is 92.3 Å². The Balaban J connectivity index is 2.33. The maximum Gasteiger partial charge on any atom is 0.0684 e. The molecule has 3 nitrogen and oxygen atoms in total. The Morgan fingerprint density at radius 1 is 1.27 bits per heavy atom. The summed E-state index contributed by atoms with van der Waals surface area (Å²) in [6, 6.07) is 5.19. The van der Waals surface area contributed by atoms with Gasteiger partial charge in [-0.15, -0.1) is 0 Å². The van der Waals surface area contributed by atoms with E-state index < -0.39 is 0 Å². The average Bonchev–Trinajstić information content (AvgIpc) is 3.02. The highest BCUT2D eigenvalue weighted by Crippen LogP contribution is 2.29. The molecule has 0 atom stereocenters. The van der Waals surface area contributed by atoms with Gasteiger partial charge in [-0.05, 0) is 39.7 Å². The first-order valence-electron chi connectivity index (χ1n) is 5.61. The van der Waals surface area contributed by atoms with Gasteiger partial charge in [-0.3, -0.25) is 4.90 Å². The van der Waals surface area contributed by atoms with Gasteiger partial charge in [0.05, 0.1) is 17.6 Å². The lowest BCUT2D eigenvalue weighted by Gasteiger charge is -2.24. The van der Waals surface area contributed by atoms with E-state index in [2.05, 4.69) is 17.0 Å². The Morgan fingerprint density at radius 2 is 1.93 bits per heavy atom. The molecule has 1 rings (SSSR count). The topological polar surface area (TPSA) is 50.8 Å². The fraction of sp³-hybridized carbons (Fsp3) is 0.833. The first kappa shape index (κ1) is 12.0. The van der Waals surface area contributed by atoms with Crippen LogP contribution in [-0.4, -0.2) is 24.0 Å². The molecule has 0 saturated heterocycles. The number of hydrogen-bond donors (Lipinski definition) is 0. The molecule has 0 amide bonds. The highest BCUT2D eigenvalue weighted by atomic mass is 15.2. The summed E-state index contributed by atoms with van der Waals surface area (Å²) in [7, 11) is 0. The molecule has 0 spiro atoms. The van der Waals surface area contributed by atoms with E-state index in [1.54, 1.807) is 0 Å². The summed E-state index contributed by atoms with van der Waals surface area (Å²) in [4.78, 5) is 2.36. The zero-order chi connectivity index (χ0) is 11.3. The Morgan fingerprint density at radius 3 is 2.40 bits per heavy atom. The predicted octanol–water partition coefficient (Wildman–Crippen LogP) is 2.30. The molecule has 82 valence electrons. The Hall–Kier alpha value is -1.06. The van der Waals surface area contributed by atoms with Gasteiger partial charge in [0.25, 0.3) is 0 Å². The summed E-state index contributed by atoms with van der Waals surface area (Å²) in [6.45, 7) is 5.76. The molecular formula is C12H19N3. The van der Waals surface area contributed by atoms with Crippen LogP contribution in [0.15, 0.2) is 0 Å². The molecule has 1 fully saturated rings. The highest BCUT2D eigenvalue weighted by Gasteiger charge is 2.29. The van der Waals surface area contributed by atoms with E-state index in [9.17, 15) is 0 Å². The fourth-order valence-electron chi connectivity index (χ4n) is 1.59. The maximum atomic E-state index is 8.92. The van der Waals surface area contributed by atoms with Crippen molar-refractivity contribution >= 4 is 0 Å². The van der Waals surface area contributed by atoms with Crippen molar-refractivity contribution in [1.29, 1.82) is 10.5 Å². The van der Waals surface area contributed by atoms with E-state index in [1.807, 2.05) is 13.8 Å². The minimum atomic E-state index is -0.236. The Kier molecular flexibility index (Phi) is 4.12. The van der Waals surface area contributed by atoms with Gasteiger partial charge in [0.15, 0.2) is 0 Å². The zero-order valence-corrected chi connectivity index (χ0v) is 9.66. The van der Waals surface area contributed by atoms with Gasteiger partial charge >= 0.3 is 0 Å². The van der Waals surface area contributed by atoms with E-state index in [0.29, 0.717) is 12.5 Å². The summed E-state index contributed by atoms with van der Waals surface area (Å²) in [5, 5.41) is 17.5. The summed E-state index contributed by atoms with van der Waals surface area (Å²) in [5.74, 6) is 0. The molecule has 0 heterocycles. The summed E-state index contributed by atoms with van der Waals surface area (Å²) >= 11 is 0. The second-order valence-corrected chi connectivity index (χ2v) is 4.92. The molecule has 1 aliphatic rings. The van der Waals surface area contributed by atoms with Crippen molar-refractivity contribution in [2.45, 2.75) is 45.6 Å². The van der Waals surface area contributed by atoms with Gasteiger partial charge in [-0.25, -0.2) is 0 Å². The third kappa shape index (κ3) is 4.32. The molecular weight excluding hydrogens is 186 g/mol. The first-order chi connectivity index (χ1) is 7.09. The van der Waals surface area contributed by atoms with Gasteiger partial charge < -0.3 is 0 Å². The van der Waals surface area contributed by atoms with Gasteiger partial charge in [-0.1, -0.05) is 0 Å². The molecule has 3 heteroatoms. The smallest absolute Gasteiger partial charge is 0.0684 e. The van der Waals surface area contributed by atoms with Crippen molar-refractivity contribution < 1.29 is 0 Å². The Bertz CT molecular complexity index is 278. The third-order valence-electron chi connectivity index (χ3n) is 2.90. The van der Waals surface area contributed by atoms with Gasteiger partial charge in [0, 0.05) is 19.0 Å². The maximum absolute atomic E-state index is 8.92. The highest BCUT2D eigenvalue weighted by molar-refractivity contribution is 4.94. The van der Waals surface area contributed by atoms with Gasteiger partial charge in [0.2, 0.25) is 0 Å². The molecule has 0 aromatic rings. The molecule has 0 radical (unpaired) electrons. The van der Waals surface area contributed by atoms with E-state index >= 15 is 0 Å². The molecule has 0 bridgehead atoms. The normalized spacial score (nSPS) is 16.1. The lowest BCUT2D eigenvalue weighted by atomic mass is 9.91. The summed E-state index contributed by atoms with van der Waals surface area (Å²) < 4.78 is 0.